The van der Waals surface area contributed by atoms with E-state index in [1.165, 1.54) is 0 Å². The lowest BCUT2D eigenvalue weighted by Crippen LogP contribution is -2.26. The van der Waals surface area contributed by atoms with E-state index in [1.807, 2.05) is 6.07 Å². The minimum absolute atomic E-state index is 0.140. The molecule has 0 radical (unpaired) electrons. The van der Waals surface area contributed by atoms with Gasteiger partial charge in [0, 0.05) is 22.9 Å². The van der Waals surface area contributed by atoms with Gasteiger partial charge in [0.25, 0.3) is 5.91 Å². The highest BCUT2D eigenvalue weighted by molar-refractivity contribution is 9.10. The summed E-state index contributed by atoms with van der Waals surface area (Å²) < 4.78 is 6.12. The van der Waals surface area contributed by atoms with Crippen LogP contribution in [0.15, 0.2) is 46.9 Å². The number of carbonyl (C=O) groups excluding carboxylic acids is 1. The molecule has 0 aromatic heterocycles. The monoisotopic (exact) mass is 334 g/mol. The first kappa shape index (κ1) is 14.4. The van der Waals surface area contributed by atoms with Crippen LogP contribution in [0.1, 0.15) is 10.4 Å². The maximum atomic E-state index is 12.5. The van der Waals surface area contributed by atoms with Crippen molar-refractivity contribution in [3.8, 4) is 5.75 Å². The number of hydrogen-bond donors (Lipinski definition) is 1. The van der Waals surface area contributed by atoms with Gasteiger partial charge in [0.05, 0.1) is 12.7 Å². The summed E-state index contributed by atoms with van der Waals surface area (Å²) in [6.07, 6.45) is 0. The van der Waals surface area contributed by atoms with E-state index in [9.17, 15) is 4.79 Å². The van der Waals surface area contributed by atoms with Gasteiger partial charge in [-0.15, -0.1) is 0 Å². The maximum Gasteiger partial charge on any atom is 0.261 e. The van der Waals surface area contributed by atoms with Gasteiger partial charge >= 0.3 is 0 Å². The Morgan fingerprint density at radius 2 is 1.85 bits per heavy atom. The number of benzene rings is 2. The smallest absolute Gasteiger partial charge is 0.261 e. The molecule has 0 saturated carbocycles. The fourth-order valence-corrected chi connectivity index (χ4v) is 2.18. The predicted octanol–water partition coefficient (Wildman–Crippen LogP) is 3.32. The molecule has 0 aliphatic heterocycles. The molecule has 2 aromatic rings. The van der Waals surface area contributed by atoms with Crippen molar-refractivity contribution in [2.24, 2.45) is 0 Å². The highest BCUT2D eigenvalue weighted by Crippen LogP contribution is 2.26. The van der Waals surface area contributed by atoms with E-state index >= 15 is 0 Å². The van der Waals surface area contributed by atoms with Gasteiger partial charge in [-0.05, 0) is 42.5 Å². The number of ether oxygens (including phenoxy) is 1. The van der Waals surface area contributed by atoms with Crippen molar-refractivity contribution in [3.63, 3.8) is 0 Å². The number of hydrogen-bond acceptors (Lipinski definition) is 3. The van der Waals surface area contributed by atoms with E-state index in [2.05, 4.69) is 15.9 Å². The number of nitrogen functional groups attached to an aromatic ring is 1. The van der Waals surface area contributed by atoms with Crippen LogP contribution in [0.2, 0.25) is 0 Å². The van der Waals surface area contributed by atoms with E-state index < -0.39 is 0 Å². The largest absolute Gasteiger partial charge is 0.496 e. The van der Waals surface area contributed by atoms with Gasteiger partial charge in [-0.1, -0.05) is 15.9 Å². The second-order valence-corrected chi connectivity index (χ2v) is 5.22. The predicted molar refractivity (Wildman–Crippen MR) is 84.3 cm³/mol. The van der Waals surface area contributed by atoms with Crippen LogP contribution in [0.5, 0.6) is 5.75 Å². The molecule has 0 aliphatic carbocycles. The Labute approximate surface area is 126 Å². The first-order valence-corrected chi connectivity index (χ1v) is 6.79. The molecular weight excluding hydrogens is 320 g/mol. The van der Waals surface area contributed by atoms with Crippen molar-refractivity contribution in [3.05, 3.63) is 52.5 Å². The highest BCUT2D eigenvalue weighted by Gasteiger charge is 2.18. The van der Waals surface area contributed by atoms with Gasteiger partial charge in [-0.25, -0.2) is 0 Å². The Kier molecular flexibility index (Phi) is 4.29. The van der Waals surface area contributed by atoms with Crippen LogP contribution in [0.3, 0.4) is 0 Å². The summed E-state index contributed by atoms with van der Waals surface area (Å²) in [5.41, 5.74) is 7.59. The molecule has 0 atom stereocenters. The quantitative estimate of drug-likeness (QED) is 0.876. The zero-order valence-electron chi connectivity index (χ0n) is 11.3. The molecule has 0 fully saturated rings. The molecule has 0 unspecified atom stereocenters. The van der Waals surface area contributed by atoms with Crippen LogP contribution in [0.4, 0.5) is 11.4 Å². The normalized spacial score (nSPS) is 10.2. The van der Waals surface area contributed by atoms with E-state index in [-0.39, 0.29) is 5.91 Å². The number of nitrogens with zero attached hydrogens (tertiary/aromatic N) is 1. The van der Waals surface area contributed by atoms with Crippen LogP contribution in [0, 0.1) is 0 Å². The highest BCUT2D eigenvalue weighted by atomic mass is 79.9. The molecule has 20 heavy (non-hydrogen) atoms. The number of anilines is 2. The molecule has 5 heteroatoms. The van der Waals surface area contributed by atoms with Crippen LogP contribution >= 0.6 is 15.9 Å². The van der Waals surface area contributed by atoms with Crippen molar-refractivity contribution in [2.75, 3.05) is 24.8 Å². The fraction of sp³-hybridized carbons (Fsp3) is 0.133. The molecule has 2 rings (SSSR count). The number of methoxy groups -OCH3 is 1. The maximum absolute atomic E-state index is 12.5. The molecule has 0 aliphatic rings. The minimum Gasteiger partial charge on any atom is -0.496 e. The van der Waals surface area contributed by atoms with Crippen LogP contribution < -0.4 is 15.4 Å². The molecule has 2 N–H and O–H groups in total. The molecular formula is C15H15BrN2O2. The third kappa shape index (κ3) is 2.93. The molecule has 1 amide bonds. The fourth-order valence-electron chi connectivity index (χ4n) is 1.84. The zero-order chi connectivity index (χ0) is 14.7. The molecule has 0 spiro atoms. The van der Waals surface area contributed by atoms with E-state index in [0.717, 1.165) is 10.2 Å². The Balaban J connectivity index is 2.33. The van der Waals surface area contributed by atoms with Crippen LogP contribution in [0.25, 0.3) is 0 Å². The third-order valence-electron chi connectivity index (χ3n) is 2.98. The Bertz CT molecular complexity index is 626. The SMILES string of the molecule is COc1cc(Br)ccc1C(=O)N(C)c1ccc(N)cc1. The summed E-state index contributed by atoms with van der Waals surface area (Å²) in [5.74, 6) is 0.394. The lowest BCUT2D eigenvalue weighted by molar-refractivity contribution is 0.0990. The lowest BCUT2D eigenvalue weighted by Gasteiger charge is -2.19. The molecule has 0 heterocycles. The van der Waals surface area contributed by atoms with Gasteiger partial charge in [-0.3, -0.25) is 4.79 Å². The topological polar surface area (TPSA) is 55.6 Å². The van der Waals surface area contributed by atoms with Crippen LogP contribution in [-0.2, 0) is 0 Å². The second-order valence-electron chi connectivity index (χ2n) is 4.30. The van der Waals surface area contributed by atoms with E-state index in [4.69, 9.17) is 10.5 Å². The average Bonchev–Trinajstić information content (AvgIpc) is 2.46. The molecule has 0 bridgehead atoms. The standard InChI is InChI=1S/C15H15BrN2O2/c1-18(12-6-4-11(17)5-7-12)15(19)13-8-3-10(16)9-14(13)20-2/h3-9H,17H2,1-2H3. The Hall–Kier alpha value is -2.01. The number of rotatable bonds is 3. The number of halogens is 1. The summed E-state index contributed by atoms with van der Waals surface area (Å²) in [4.78, 5) is 14.1. The van der Waals surface area contributed by atoms with Gasteiger partial charge < -0.3 is 15.4 Å². The lowest BCUT2D eigenvalue weighted by atomic mass is 10.1. The summed E-state index contributed by atoms with van der Waals surface area (Å²) in [6.45, 7) is 0. The van der Waals surface area contributed by atoms with Crippen molar-refractivity contribution >= 4 is 33.2 Å². The molecule has 104 valence electrons. The summed E-state index contributed by atoms with van der Waals surface area (Å²) in [5, 5.41) is 0. The van der Waals surface area contributed by atoms with Gasteiger partial charge in [-0.2, -0.15) is 0 Å². The van der Waals surface area contributed by atoms with Crippen molar-refractivity contribution in [1.82, 2.24) is 0 Å². The first-order valence-electron chi connectivity index (χ1n) is 6.00. The minimum atomic E-state index is -0.140. The van der Waals surface area contributed by atoms with Crippen molar-refractivity contribution < 1.29 is 9.53 Å². The number of carbonyl (C=O) groups is 1. The Morgan fingerprint density at radius 1 is 1.20 bits per heavy atom. The number of nitrogens with two attached hydrogens (primary N) is 1. The van der Waals surface area contributed by atoms with Gasteiger partial charge in [0.1, 0.15) is 5.75 Å². The summed E-state index contributed by atoms with van der Waals surface area (Å²) in [6, 6.07) is 12.4. The average molecular weight is 335 g/mol. The van der Waals surface area contributed by atoms with E-state index in [1.54, 1.807) is 55.5 Å². The van der Waals surface area contributed by atoms with E-state index in [0.29, 0.717) is 17.0 Å². The summed E-state index contributed by atoms with van der Waals surface area (Å²) in [7, 11) is 3.26. The first-order chi connectivity index (χ1) is 9.52. The van der Waals surface area contributed by atoms with Gasteiger partial charge in [0.15, 0.2) is 0 Å². The number of amides is 1. The molecule has 4 nitrogen and oxygen atoms in total. The second kappa shape index (κ2) is 5.96. The van der Waals surface area contributed by atoms with Crippen molar-refractivity contribution in [1.29, 1.82) is 0 Å². The zero-order valence-corrected chi connectivity index (χ0v) is 12.8. The Morgan fingerprint density at radius 3 is 2.45 bits per heavy atom. The summed E-state index contributed by atoms with van der Waals surface area (Å²) >= 11 is 3.36. The van der Waals surface area contributed by atoms with Crippen molar-refractivity contribution in [2.45, 2.75) is 0 Å². The third-order valence-corrected chi connectivity index (χ3v) is 3.47. The van der Waals surface area contributed by atoms with Crippen LogP contribution in [-0.4, -0.2) is 20.1 Å². The van der Waals surface area contributed by atoms with Gasteiger partial charge in [0.2, 0.25) is 0 Å². The molecule has 2 aromatic carbocycles. The molecule has 0 saturated heterocycles.